The van der Waals surface area contributed by atoms with Crippen molar-refractivity contribution < 1.29 is 42.8 Å². The highest BCUT2D eigenvalue weighted by atomic mass is 28.4. The Labute approximate surface area is 348 Å². The Bertz CT molecular complexity index is 2160. The predicted octanol–water partition coefficient (Wildman–Crippen LogP) is 8.99. The number of hydrogen-bond donors (Lipinski definition) is 0. The predicted molar refractivity (Wildman–Crippen MR) is 230 cm³/mol. The van der Waals surface area contributed by atoms with Gasteiger partial charge in [0.15, 0.2) is 17.9 Å². The fraction of sp³-hybridized carbons (Fsp3) is 0.327. The topological polar surface area (TPSA) is 107 Å². The van der Waals surface area contributed by atoms with Crippen LogP contribution < -0.4 is 15.1 Å². The lowest BCUT2D eigenvalue weighted by atomic mass is 9.83. The largest absolute Gasteiger partial charge is 0.493 e. The van der Waals surface area contributed by atoms with E-state index in [0.29, 0.717) is 42.9 Å². The van der Waals surface area contributed by atoms with E-state index in [0.717, 1.165) is 18.4 Å². The Balaban J connectivity index is 0.923. The second-order valence-corrected chi connectivity index (χ2v) is 20.5. The van der Waals surface area contributed by atoms with Gasteiger partial charge in [-0.05, 0) is 78.0 Å². The van der Waals surface area contributed by atoms with Crippen molar-refractivity contribution in [2.24, 2.45) is 0 Å². The van der Waals surface area contributed by atoms with Gasteiger partial charge in [-0.2, -0.15) is 0 Å². The molecular weight excluding hydrogens is 761 g/mol. The second kappa shape index (κ2) is 19.2. The SMILES string of the molecule is COC(CCCCO[Si](c1ccccc1)(c1ccccc1)C(C)(C)C)OOC(C)(C)c1ccc(OCCCOC(=O)c2ccc3c(c2)C(=O)c2ccccc2C3=O)cc1. The minimum atomic E-state index is -2.59. The van der Waals surface area contributed by atoms with Gasteiger partial charge in [0.2, 0.25) is 0 Å². The van der Waals surface area contributed by atoms with Crippen molar-refractivity contribution in [3.05, 3.63) is 161 Å². The number of methoxy groups -OCH3 is 1. The van der Waals surface area contributed by atoms with Gasteiger partial charge in [-0.25, -0.2) is 14.6 Å². The quantitative estimate of drug-likeness (QED) is 0.0198. The molecule has 5 aromatic carbocycles. The van der Waals surface area contributed by atoms with Crippen LogP contribution in [0.3, 0.4) is 0 Å². The lowest BCUT2D eigenvalue weighted by Gasteiger charge is -2.43. The fourth-order valence-electron chi connectivity index (χ4n) is 7.50. The molecule has 1 aliphatic carbocycles. The smallest absolute Gasteiger partial charge is 0.338 e. The van der Waals surface area contributed by atoms with Crippen LogP contribution in [0.2, 0.25) is 5.04 Å². The van der Waals surface area contributed by atoms with E-state index < -0.39 is 26.2 Å². The van der Waals surface area contributed by atoms with Crippen LogP contribution in [0.1, 0.15) is 108 Å². The van der Waals surface area contributed by atoms with Gasteiger partial charge in [0.1, 0.15) is 11.4 Å². The van der Waals surface area contributed by atoms with Crippen molar-refractivity contribution in [3.8, 4) is 5.75 Å². The molecule has 0 saturated heterocycles. The second-order valence-electron chi connectivity index (χ2n) is 16.2. The number of rotatable bonds is 19. The Morgan fingerprint density at radius 3 is 1.80 bits per heavy atom. The van der Waals surface area contributed by atoms with E-state index >= 15 is 0 Å². The van der Waals surface area contributed by atoms with Crippen LogP contribution in [-0.2, 0) is 29.3 Å². The lowest BCUT2D eigenvalue weighted by molar-refractivity contribution is -0.421. The summed E-state index contributed by atoms with van der Waals surface area (Å²) in [6.45, 7) is 11.8. The Morgan fingerprint density at radius 2 is 1.20 bits per heavy atom. The zero-order valence-corrected chi connectivity index (χ0v) is 35.8. The molecule has 0 heterocycles. The number of ketones is 2. The van der Waals surface area contributed by atoms with E-state index in [2.05, 4.69) is 81.4 Å². The van der Waals surface area contributed by atoms with Gasteiger partial charge < -0.3 is 18.6 Å². The molecule has 1 atom stereocenters. The first-order chi connectivity index (χ1) is 28.4. The summed E-state index contributed by atoms with van der Waals surface area (Å²) >= 11 is 0. The molecule has 0 radical (unpaired) electrons. The molecule has 59 heavy (non-hydrogen) atoms. The van der Waals surface area contributed by atoms with Gasteiger partial charge in [-0.1, -0.05) is 118 Å². The van der Waals surface area contributed by atoms with Gasteiger partial charge in [0, 0.05) is 48.8 Å². The summed E-state index contributed by atoms with van der Waals surface area (Å²) in [5.41, 5.74) is 1.52. The first-order valence-electron chi connectivity index (χ1n) is 20.2. The van der Waals surface area contributed by atoms with Gasteiger partial charge in [0.25, 0.3) is 8.32 Å². The molecule has 6 rings (SSSR count). The first-order valence-corrected chi connectivity index (χ1v) is 22.1. The maximum atomic E-state index is 13.0. The Hall–Kier alpha value is -5.23. The molecule has 10 heteroatoms. The molecule has 9 nitrogen and oxygen atoms in total. The van der Waals surface area contributed by atoms with Crippen molar-refractivity contribution >= 4 is 36.2 Å². The summed E-state index contributed by atoms with van der Waals surface area (Å²) in [6.07, 6.45) is 2.22. The number of benzene rings is 5. The molecule has 0 spiro atoms. The zero-order valence-electron chi connectivity index (χ0n) is 34.8. The van der Waals surface area contributed by atoms with Crippen molar-refractivity contribution in [1.82, 2.24) is 0 Å². The van der Waals surface area contributed by atoms with E-state index in [1.165, 1.54) is 28.6 Å². The monoisotopic (exact) mass is 814 g/mol. The highest BCUT2D eigenvalue weighted by molar-refractivity contribution is 6.99. The van der Waals surface area contributed by atoms with Crippen molar-refractivity contribution in [3.63, 3.8) is 0 Å². The average Bonchev–Trinajstić information content (AvgIpc) is 3.25. The molecule has 0 N–H and O–H groups in total. The third-order valence-electron chi connectivity index (χ3n) is 10.7. The molecule has 0 aromatic heterocycles. The molecule has 1 aliphatic rings. The lowest BCUT2D eigenvalue weighted by Crippen LogP contribution is -2.66. The van der Waals surface area contributed by atoms with Crippen LogP contribution in [0.4, 0.5) is 0 Å². The molecule has 0 bridgehead atoms. The summed E-state index contributed by atoms with van der Waals surface area (Å²) in [4.78, 5) is 50.4. The highest BCUT2D eigenvalue weighted by Crippen LogP contribution is 2.37. The maximum Gasteiger partial charge on any atom is 0.338 e. The molecule has 5 aromatic rings. The number of fused-ring (bicyclic) bond motifs is 2. The maximum absolute atomic E-state index is 13.0. The van der Waals surface area contributed by atoms with E-state index in [-0.39, 0.29) is 39.9 Å². The fourth-order valence-corrected chi connectivity index (χ4v) is 12.1. The molecule has 0 amide bonds. The number of unbranched alkanes of at least 4 members (excludes halogenated alkanes) is 1. The summed E-state index contributed by atoms with van der Waals surface area (Å²) in [5, 5.41) is 2.45. The minimum Gasteiger partial charge on any atom is -0.493 e. The number of esters is 1. The van der Waals surface area contributed by atoms with Gasteiger partial charge in [-0.3, -0.25) is 9.59 Å². The highest BCUT2D eigenvalue weighted by Gasteiger charge is 2.50. The molecule has 0 fully saturated rings. The van der Waals surface area contributed by atoms with E-state index in [4.69, 9.17) is 28.4 Å². The number of carbonyl (C=O) groups excluding carboxylic acids is 3. The van der Waals surface area contributed by atoms with Crippen molar-refractivity contribution in [2.75, 3.05) is 26.9 Å². The van der Waals surface area contributed by atoms with E-state index in [1.54, 1.807) is 31.4 Å². The summed E-state index contributed by atoms with van der Waals surface area (Å²) in [5.74, 6) is -0.436. The number of ether oxygens (including phenoxy) is 3. The normalized spacial score (nSPS) is 13.4. The number of hydrogen-bond acceptors (Lipinski definition) is 9. The minimum absolute atomic E-state index is 0.0802. The molecule has 0 aliphatic heterocycles. The van der Waals surface area contributed by atoms with Crippen LogP contribution in [0, 0.1) is 0 Å². The van der Waals surface area contributed by atoms with Crippen LogP contribution >= 0.6 is 0 Å². The molecule has 0 saturated carbocycles. The Kier molecular flexibility index (Phi) is 14.1. The summed E-state index contributed by atoms with van der Waals surface area (Å²) < 4.78 is 24.0. The Morgan fingerprint density at radius 1 is 0.627 bits per heavy atom. The summed E-state index contributed by atoms with van der Waals surface area (Å²) in [7, 11) is -0.973. The summed E-state index contributed by atoms with van der Waals surface area (Å²) in [6, 6.07) is 40.0. The standard InChI is InChI=1S/C49H54O9Si/c1-48(2,3)59(38-18-9-7-10-19-38,39-20-11-8-12-21-39)56-33-16-15-24-44(53-6)57-58-49(4,5)36-26-28-37(29-27-36)54-31-17-32-55-47(52)35-25-30-42-43(34-35)46(51)41-23-14-13-22-40(41)45(42)50/h7-14,18-23,25-30,34,44H,15-17,24,31-33H2,1-6H3. The van der Waals surface area contributed by atoms with E-state index in [9.17, 15) is 14.4 Å². The average molecular weight is 815 g/mol. The van der Waals surface area contributed by atoms with Gasteiger partial charge in [-0.15, -0.1) is 0 Å². The molecular formula is C49H54O9Si. The van der Waals surface area contributed by atoms with Crippen molar-refractivity contribution in [1.29, 1.82) is 0 Å². The van der Waals surface area contributed by atoms with E-state index in [1.807, 2.05) is 38.1 Å². The first kappa shape index (κ1) is 43.3. The van der Waals surface area contributed by atoms with Crippen LogP contribution in [-0.4, -0.2) is 59.1 Å². The van der Waals surface area contributed by atoms with Crippen LogP contribution in [0.15, 0.2) is 127 Å². The zero-order chi connectivity index (χ0) is 42.0. The molecule has 1 unspecified atom stereocenters. The third kappa shape index (κ3) is 9.97. The third-order valence-corrected chi connectivity index (χ3v) is 15.7. The van der Waals surface area contributed by atoms with Crippen LogP contribution in [0.25, 0.3) is 0 Å². The van der Waals surface area contributed by atoms with Crippen LogP contribution in [0.5, 0.6) is 5.75 Å². The van der Waals surface area contributed by atoms with Gasteiger partial charge >= 0.3 is 5.97 Å². The van der Waals surface area contributed by atoms with Gasteiger partial charge in [0.05, 0.1) is 18.8 Å². The number of carbonyl (C=O) groups is 3. The van der Waals surface area contributed by atoms with Crippen molar-refractivity contribution in [2.45, 2.75) is 77.2 Å². The molecule has 308 valence electrons.